The summed E-state index contributed by atoms with van der Waals surface area (Å²) in [5, 5.41) is 14.1. The van der Waals surface area contributed by atoms with Crippen molar-refractivity contribution in [1.82, 2.24) is 0 Å². The minimum atomic E-state index is -0.332. The highest BCUT2D eigenvalue weighted by atomic mass is 16.4. The zero-order valence-corrected chi connectivity index (χ0v) is 6.82. The van der Waals surface area contributed by atoms with Gasteiger partial charge in [0.15, 0.2) is 0 Å². The summed E-state index contributed by atoms with van der Waals surface area (Å²) in [6, 6.07) is 7.44. The van der Waals surface area contributed by atoms with E-state index in [1.54, 1.807) is 0 Å². The van der Waals surface area contributed by atoms with Crippen molar-refractivity contribution in [3.05, 3.63) is 29.8 Å². The van der Waals surface area contributed by atoms with Crippen LogP contribution in [0.1, 0.15) is 5.56 Å². The number of anilines is 1. The standard InChI is InChI=1S/C9H8N2O2/c12-9-8(11-13)5-6-3-1-2-4-7(6)10-9/h1-4,13H,5H2,(H,10,12). The fourth-order valence-electron chi connectivity index (χ4n) is 1.33. The number of amides is 1. The van der Waals surface area contributed by atoms with E-state index in [0.717, 1.165) is 11.3 Å². The lowest BCUT2D eigenvalue weighted by atomic mass is 10.0. The summed E-state index contributed by atoms with van der Waals surface area (Å²) in [6.07, 6.45) is 0.387. The van der Waals surface area contributed by atoms with Gasteiger partial charge in [0.1, 0.15) is 5.71 Å². The van der Waals surface area contributed by atoms with Crippen LogP contribution in [0.3, 0.4) is 0 Å². The van der Waals surface area contributed by atoms with E-state index < -0.39 is 0 Å². The van der Waals surface area contributed by atoms with E-state index in [1.165, 1.54) is 0 Å². The number of hydrogen-bond acceptors (Lipinski definition) is 3. The average Bonchev–Trinajstić information content (AvgIpc) is 2.17. The fraction of sp³-hybridized carbons (Fsp3) is 0.111. The summed E-state index contributed by atoms with van der Waals surface area (Å²) in [5.74, 6) is -0.332. The van der Waals surface area contributed by atoms with Gasteiger partial charge < -0.3 is 10.5 Å². The number of fused-ring (bicyclic) bond motifs is 1. The third-order valence-electron chi connectivity index (χ3n) is 2.01. The molecule has 1 aliphatic rings. The first-order valence-electron chi connectivity index (χ1n) is 3.91. The average molecular weight is 176 g/mol. The maximum absolute atomic E-state index is 11.2. The smallest absolute Gasteiger partial charge is 0.273 e. The van der Waals surface area contributed by atoms with Gasteiger partial charge in [0.2, 0.25) is 0 Å². The molecule has 0 aliphatic carbocycles. The van der Waals surface area contributed by atoms with Crippen LogP contribution < -0.4 is 5.32 Å². The lowest BCUT2D eigenvalue weighted by molar-refractivity contribution is -0.110. The molecule has 1 aromatic rings. The van der Waals surface area contributed by atoms with Crippen LogP contribution in [0.25, 0.3) is 0 Å². The Bertz CT molecular complexity index is 385. The van der Waals surface area contributed by atoms with Gasteiger partial charge in [-0.2, -0.15) is 0 Å². The molecule has 13 heavy (non-hydrogen) atoms. The number of para-hydroxylation sites is 1. The molecule has 1 aromatic carbocycles. The molecule has 1 heterocycles. The van der Waals surface area contributed by atoms with Crippen LogP contribution in [0.2, 0.25) is 0 Å². The van der Waals surface area contributed by atoms with Crippen LogP contribution in [-0.2, 0) is 11.2 Å². The van der Waals surface area contributed by atoms with Crippen LogP contribution >= 0.6 is 0 Å². The lowest BCUT2D eigenvalue weighted by Crippen LogP contribution is -2.29. The highest BCUT2D eigenvalue weighted by molar-refractivity contribution is 6.44. The Balaban J connectivity index is 2.44. The first-order valence-corrected chi connectivity index (χ1v) is 3.91. The van der Waals surface area contributed by atoms with Crippen molar-refractivity contribution in [2.75, 3.05) is 5.32 Å². The molecule has 1 amide bonds. The summed E-state index contributed by atoms with van der Waals surface area (Å²) in [7, 11) is 0. The summed E-state index contributed by atoms with van der Waals surface area (Å²) >= 11 is 0. The molecule has 0 aromatic heterocycles. The Labute approximate surface area is 74.9 Å². The molecule has 0 unspecified atom stereocenters. The third kappa shape index (κ3) is 1.26. The molecule has 0 atom stereocenters. The van der Waals surface area contributed by atoms with Gasteiger partial charge in [0, 0.05) is 12.1 Å². The van der Waals surface area contributed by atoms with Crippen LogP contribution in [0.4, 0.5) is 5.69 Å². The number of carbonyl (C=O) groups is 1. The molecule has 4 heteroatoms. The molecule has 66 valence electrons. The Hall–Kier alpha value is -1.84. The number of nitrogens with zero attached hydrogens (tertiary/aromatic N) is 1. The summed E-state index contributed by atoms with van der Waals surface area (Å²) < 4.78 is 0. The largest absolute Gasteiger partial charge is 0.410 e. The van der Waals surface area contributed by atoms with Gasteiger partial charge in [-0.25, -0.2) is 0 Å². The van der Waals surface area contributed by atoms with Crippen molar-refractivity contribution in [1.29, 1.82) is 0 Å². The first-order chi connectivity index (χ1) is 6.31. The molecular weight excluding hydrogens is 168 g/mol. The van der Waals surface area contributed by atoms with Crippen LogP contribution in [-0.4, -0.2) is 16.8 Å². The number of oxime groups is 1. The molecule has 0 fully saturated rings. The van der Waals surface area contributed by atoms with Gasteiger partial charge >= 0.3 is 0 Å². The van der Waals surface area contributed by atoms with Gasteiger partial charge in [0.25, 0.3) is 5.91 Å². The van der Waals surface area contributed by atoms with Crippen LogP contribution in [0, 0.1) is 0 Å². The number of benzene rings is 1. The summed E-state index contributed by atoms with van der Waals surface area (Å²) in [4.78, 5) is 11.2. The Morgan fingerprint density at radius 1 is 1.38 bits per heavy atom. The van der Waals surface area contributed by atoms with E-state index in [2.05, 4.69) is 10.5 Å². The molecular formula is C9H8N2O2. The second-order valence-electron chi connectivity index (χ2n) is 2.83. The predicted molar refractivity (Wildman–Crippen MR) is 48.0 cm³/mol. The van der Waals surface area contributed by atoms with Gasteiger partial charge in [-0.1, -0.05) is 23.4 Å². The van der Waals surface area contributed by atoms with Gasteiger partial charge in [-0.15, -0.1) is 0 Å². The van der Waals surface area contributed by atoms with E-state index in [0.29, 0.717) is 6.42 Å². The monoisotopic (exact) mass is 176 g/mol. The van der Waals surface area contributed by atoms with Crippen LogP contribution in [0.5, 0.6) is 0 Å². The van der Waals surface area contributed by atoms with Crippen molar-refractivity contribution >= 4 is 17.3 Å². The molecule has 2 N–H and O–H groups in total. The van der Waals surface area contributed by atoms with Gasteiger partial charge in [0.05, 0.1) is 0 Å². The minimum absolute atomic E-state index is 0.152. The highest BCUT2D eigenvalue weighted by Gasteiger charge is 2.20. The lowest BCUT2D eigenvalue weighted by Gasteiger charge is -2.16. The maximum Gasteiger partial charge on any atom is 0.273 e. The number of rotatable bonds is 0. The Morgan fingerprint density at radius 3 is 2.92 bits per heavy atom. The normalized spacial score (nSPS) is 18.2. The molecule has 0 bridgehead atoms. The topological polar surface area (TPSA) is 61.7 Å². The molecule has 0 saturated heterocycles. The summed E-state index contributed by atoms with van der Waals surface area (Å²) in [5.41, 5.74) is 1.91. The van der Waals surface area contributed by atoms with E-state index in [4.69, 9.17) is 5.21 Å². The van der Waals surface area contributed by atoms with Crippen molar-refractivity contribution in [2.45, 2.75) is 6.42 Å². The maximum atomic E-state index is 11.2. The molecule has 0 saturated carbocycles. The Morgan fingerprint density at radius 2 is 2.15 bits per heavy atom. The van der Waals surface area contributed by atoms with Gasteiger partial charge in [-0.3, -0.25) is 4.79 Å². The van der Waals surface area contributed by atoms with E-state index in [1.807, 2.05) is 24.3 Å². The van der Waals surface area contributed by atoms with E-state index in [9.17, 15) is 4.79 Å². The number of carbonyl (C=O) groups excluding carboxylic acids is 1. The zero-order valence-electron chi connectivity index (χ0n) is 6.82. The van der Waals surface area contributed by atoms with E-state index in [-0.39, 0.29) is 11.6 Å². The van der Waals surface area contributed by atoms with Crippen molar-refractivity contribution < 1.29 is 10.0 Å². The highest BCUT2D eigenvalue weighted by Crippen LogP contribution is 2.20. The predicted octanol–water partition coefficient (Wildman–Crippen LogP) is 1.01. The second kappa shape index (κ2) is 2.90. The van der Waals surface area contributed by atoms with Crippen molar-refractivity contribution in [2.24, 2.45) is 5.16 Å². The zero-order chi connectivity index (χ0) is 9.26. The summed E-state index contributed by atoms with van der Waals surface area (Å²) in [6.45, 7) is 0. The third-order valence-corrected chi connectivity index (χ3v) is 2.01. The fourth-order valence-corrected chi connectivity index (χ4v) is 1.33. The van der Waals surface area contributed by atoms with Gasteiger partial charge in [-0.05, 0) is 11.6 Å². The quantitative estimate of drug-likeness (QED) is 0.457. The SMILES string of the molecule is O=C1Nc2ccccc2CC1=NO. The molecule has 0 spiro atoms. The van der Waals surface area contributed by atoms with Crippen LogP contribution in [0.15, 0.2) is 29.4 Å². The van der Waals surface area contributed by atoms with Crippen molar-refractivity contribution in [3.63, 3.8) is 0 Å². The second-order valence-corrected chi connectivity index (χ2v) is 2.83. The minimum Gasteiger partial charge on any atom is -0.410 e. The molecule has 0 radical (unpaired) electrons. The number of hydrogen-bond donors (Lipinski definition) is 2. The first kappa shape index (κ1) is 7.79. The molecule has 4 nitrogen and oxygen atoms in total. The molecule has 2 rings (SSSR count). The number of nitrogens with one attached hydrogen (secondary N) is 1. The van der Waals surface area contributed by atoms with Crippen molar-refractivity contribution in [3.8, 4) is 0 Å². The van der Waals surface area contributed by atoms with E-state index >= 15 is 0 Å². The molecule has 1 aliphatic heterocycles. The Kier molecular flexibility index (Phi) is 1.73.